The average Bonchev–Trinajstić information content (AvgIpc) is 3.01. The molecule has 0 bridgehead atoms. The monoisotopic (exact) mass is 460 g/mol. The smallest absolute Gasteiger partial charge is 0.232 e. The lowest BCUT2D eigenvalue weighted by atomic mass is 10.1. The molecule has 1 N–H and O–H groups in total. The van der Waals surface area contributed by atoms with Crippen molar-refractivity contribution in [2.24, 2.45) is 5.92 Å². The fourth-order valence-corrected chi connectivity index (χ4v) is 2.57. The van der Waals surface area contributed by atoms with Crippen molar-refractivity contribution in [3.63, 3.8) is 0 Å². The van der Waals surface area contributed by atoms with Crippen LogP contribution in [-0.4, -0.2) is 73.8 Å². The molecule has 8 nitrogen and oxygen atoms in total. The molecule has 0 radical (unpaired) electrons. The van der Waals surface area contributed by atoms with Crippen molar-refractivity contribution in [1.29, 1.82) is 0 Å². The highest BCUT2D eigenvalue weighted by Crippen LogP contribution is 2.18. The Balaban J connectivity index is 0. The topological polar surface area (TPSA) is 94.2 Å². The van der Waals surface area contributed by atoms with Gasteiger partial charge in [-0.15, -0.1) is 0 Å². The van der Waals surface area contributed by atoms with Crippen molar-refractivity contribution in [3.05, 3.63) is 0 Å². The van der Waals surface area contributed by atoms with Crippen LogP contribution < -0.4 is 5.32 Å². The molecule has 1 rings (SSSR count). The minimum atomic E-state index is -0.426. The van der Waals surface area contributed by atoms with Crippen molar-refractivity contribution in [2.45, 2.75) is 92.8 Å². The van der Waals surface area contributed by atoms with E-state index < -0.39 is 5.60 Å². The highest BCUT2D eigenvalue weighted by Gasteiger charge is 2.35. The molecule has 1 aliphatic heterocycles. The maximum atomic E-state index is 11.9. The number of nitrogens with zero attached hydrogens (tertiary/aromatic N) is 1. The summed E-state index contributed by atoms with van der Waals surface area (Å²) in [6.45, 7) is 19.6. The number of hydrogen-bond acceptors (Lipinski definition) is 6. The second-order valence-electron chi connectivity index (χ2n) is 8.51. The van der Waals surface area contributed by atoms with E-state index >= 15 is 0 Å². The summed E-state index contributed by atoms with van der Waals surface area (Å²) in [7, 11) is 1.66. The lowest BCUT2D eigenvalue weighted by molar-refractivity contribution is -0.139. The Morgan fingerprint density at radius 2 is 1.66 bits per heavy atom. The summed E-state index contributed by atoms with van der Waals surface area (Å²) in [4.78, 5) is 36.5. The van der Waals surface area contributed by atoms with Crippen LogP contribution in [0.3, 0.4) is 0 Å². The quantitative estimate of drug-likeness (QED) is 0.334. The van der Waals surface area contributed by atoms with Gasteiger partial charge < -0.3 is 19.5 Å². The van der Waals surface area contributed by atoms with Crippen LogP contribution in [-0.2, 0) is 28.6 Å². The van der Waals surface area contributed by atoms with Gasteiger partial charge in [0.1, 0.15) is 0 Å². The molecule has 8 heteroatoms. The number of hydrogen-bond donors (Lipinski definition) is 1. The lowest BCUT2D eigenvalue weighted by Crippen LogP contribution is -2.38. The second kappa shape index (κ2) is 17.0. The average molecular weight is 461 g/mol. The first-order valence-corrected chi connectivity index (χ1v) is 11.9. The molecule has 1 atom stereocenters. The zero-order valence-corrected chi connectivity index (χ0v) is 22.1. The van der Waals surface area contributed by atoms with Crippen LogP contribution in [0.5, 0.6) is 0 Å². The van der Waals surface area contributed by atoms with Gasteiger partial charge >= 0.3 is 0 Å². The number of methoxy groups -OCH3 is 1. The SMILES string of the molecule is CC.CC.COC(C)(C)COC(C)(C)COCCCNC(=O)CCN1C(=O)CC(C)C1=O. The van der Waals surface area contributed by atoms with E-state index in [-0.39, 0.29) is 48.6 Å². The standard InChI is InChI=1S/C20H36N2O6.2C2H6/c1-15-12-17(24)22(18(15)25)10-8-16(23)21-9-7-11-27-13-20(4,5)28-14-19(2,3)26-6;2*1-2/h15H,7-14H2,1-6H3,(H,21,23);2*1-2H3. The van der Waals surface area contributed by atoms with E-state index in [2.05, 4.69) is 5.32 Å². The van der Waals surface area contributed by atoms with Gasteiger partial charge in [0.05, 0.1) is 24.4 Å². The second-order valence-corrected chi connectivity index (χ2v) is 8.51. The Labute approximate surface area is 195 Å². The van der Waals surface area contributed by atoms with Crippen molar-refractivity contribution in [3.8, 4) is 0 Å². The normalized spacial score (nSPS) is 16.2. The summed E-state index contributed by atoms with van der Waals surface area (Å²) in [5.41, 5.74) is -0.769. The molecule has 1 heterocycles. The van der Waals surface area contributed by atoms with Gasteiger partial charge in [0, 0.05) is 45.6 Å². The number of carbonyl (C=O) groups excluding carboxylic acids is 3. The third kappa shape index (κ3) is 13.8. The van der Waals surface area contributed by atoms with Crippen molar-refractivity contribution in [2.75, 3.05) is 40.0 Å². The Morgan fingerprint density at radius 3 is 2.16 bits per heavy atom. The third-order valence-corrected chi connectivity index (χ3v) is 4.63. The van der Waals surface area contributed by atoms with Crippen LogP contribution in [0.1, 0.15) is 81.6 Å². The van der Waals surface area contributed by atoms with E-state index in [4.69, 9.17) is 14.2 Å². The molecule has 0 spiro atoms. The molecule has 0 aromatic heterocycles. The zero-order valence-electron chi connectivity index (χ0n) is 22.1. The van der Waals surface area contributed by atoms with E-state index in [1.807, 2.05) is 55.4 Å². The molecule has 190 valence electrons. The van der Waals surface area contributed by atoms with Gasteiger partial charge in [0.2, 0.25) is 17.7 Å². The van der Waals surface area contributed by atoms with Crippen molar-refractivity contribution >= 4 is 17.7 Å². The molecular weight excluding hydrogens is 412 g/mol. The van der Waals surface area contributed by atoms with Gasteiger partial charge in [0.25, 0.3) is 0 Å². The summed E-state index contributed by atoms with van der Waals surface area (Å²) < 4.78 is 16.8. The van der Waals surface area contributed by atoms with Crippen LogP contribution in [0, 0.1) is 5.92 Å². The number of imide groups is 1. The Bertz CT molecular complexity index is 549. The molecule has 0 aromatic carbocycles. The summed E-state index contributed by atoms with van der Waals surface area (Å²) >= 11 is 0. The van der Waals surface area contributed by atoms with E-state index in [0.29, 0.717) is 32.8 Å². The van der Waals surface area contributed by atoms with Gasteiger partial charge in [-0.05, 0) is 34.1 Å². The first kappa shape index (κ1) is 32.7. The highest BCUT2D eigenvalue weighted by atomic mass is 16.6. The number of carbonyl (C=O) groups is 3. The molecule has 32 heavy (non-hydrogen) atoms. The molecule has 0 aromatic rings. The minimum Gasteiger partial charge on any atom is -0.378 e. The van der Waals surface area contributed by atoms with E-state index in [1.54, 1.807) is 14.0 Å². The highest BCUT2D eigenvalue weighted by molar-refractivity contribution is 6.03. The van der Waals surface area contributed by atoms with Gasteiger partial charge in [-0.3, -0.25) is 19.3 Å². The van der Waals surface area contributed by atoms with Crippen LogP contribution in [0.4, 0.5) is 0 Å². The van der Waals surface area contributed by atoms with Crippen molar-refractivity contribution in [1.82, 2.24) is 10.2 Å². The molecular formula is C24H48N2O6. The molecule has 1 fully saturated rings. The van der Waals surface area contributed by atoms with Crippen LogP contribution >= 0.6 is 0 Å². The maximum Gasteiger partial charge on any atom is 0.232 e. The summed E-state index contributed by atoms with van der Waals surface area (Å²) in [6, 6.07) is 0. The van der Waals surface area contributed by atoms with E-state index in [0.717, 1.165) is 0 Å². The lowest BCUT2D eigenvalue weighted by Gasteiger charge is -2.31. The molecule has 1 unspecified atom stereocenters. The largest absolute Gasteiger partial charge is 0.378 e. The molecule has 1 saturated heterocycles. The fourth-order valence-electron chi connectivity index (χ4n) is 2.57. The first-order chi connectivity index (χ1) is 15.0. The summed E-state index contributed by atoms with van der Waals surface area (Å²) in [5.74, 6) is -0.838. The number of ether oxygens (including phenoxy) is 3. The first-order valence-electron chi connectivity index (χ1n) is 11.9. The molecule has 1 aliphatic rings. The van der Waals surface area contributed by atoms with E-state index in [9.17, 15) is 14.4 Å². The number of amides is 3. The Hall–Kier alpha value is -1.51. The Morgan fingerprint density at radius 1 is 1.06 bits per heavy atom. The Kier molecular flexibility index (Phi) is 17.4. The molecule has 0 saturated carbocycles. The number of likely N-dealkylation sites (tertiary alicyclic amines) is 1. The van der Waals surface area contributed by atoms with E-state index in [1.165, 1.54) is 4.90 Å². The number of nitrogens with one attached hydrogen (secondary N) is 1. The third-order valence-electron chi connectivity index (χ3n) is 4.63. The number of rotatable bonds is 13. The predicted molar refractivity (Wildman–Crippen MR) is 127 cm³/mol. The van der Waals surface area contributed by atoms with Crippen LogP contribution in [0.25, 0.3) is 0 Å². The summed E-state index contributed by atoms with van der Waals surface area (Å²) in [6.07, 6.45) is 1.03. The maximum absolute atomic E-state index is 11.9. The van der Waals surface area contributed by atoms with Crippen LogP contribution in [0.2, 0.25) is 0 Å². The fraction of sp³-hybridized carbons (Fsp3) is 0.875. The van der Waals surface area contributed by atoms with Gasteiger partial charge in [-0.2, -0.15) is 0 Å². The summed E-state index contributed by atoms with van der Waals surface area (Å²) in [5, 5.41) is 2.78. The van der Waals surface area contributed by atoms with Gasteiger partial charge in [0.15, 0.2) is 0 Å². The van der Waals surface area contributed by atoms with Crippen molar-refractivity contribution < 1.29 is 28.6 Å². The van der Waals surface area contributed by atoms with Crippen LogP contribution in [0.15, 0.2) is 0 Å². The molecule has 3 amide bonds. The zero-order chi connectivity index (χ0) is 25.4. The van der Waals surface area contributed by atoms with Gasteiger partial charge in [-0.1, -0.05) is 34.6 Å². The minimum absolute atomic E-state index is 0.126. The predicted octanol–water partition coefficient (Wildman–Crippen LogP) is 3.57. The molecule has 0 aliphatic carbocycles. The van der Waals surface area contributed by atoms with Gasteiger partial charge in [-0.25, -0.2) is 0 Å².